The van der Waals surface area contributed by atoms with E-state index in [4.69, 9.17) is 25.9 Å². The fourth-order valence-corrected chi connectivity index (χ4v) is 4.52. The summed E-state index contributed by atoms with van der Waals surface area (Å²) in [5.74, 6) is -1.49. The first kappa shape index (κ1) is 25.1. The molecule has 2 N–H and O–H groups in total. The Kier molecular flexibility index (Phi) is 7.37. The van der Waals surface area contributed by atoms with Crippen molar-refractivity contribution in [3.05, 3.63) is 46.5 Å². The second-order valence-corrected chi connectivity index (χ2v) is 9.50. The van der Waals surface area contributed by atoms with Crippen LogP contribution in [0.15, 0.2) is 35.5 Å². The number of carbonyl (C=O) groups is 2. The van der Waals surface area contributed by atoms with E-state index in [0.717, 1.165) is 12.5 Å². The maximum Gasteiger partial charge on any atom is 0.342 e. The Hall–Kier alpha value is -3.04. The van der Waals surface area contributed by atoms with Gasteiger partial charge >= 0.3 is 5.97 Å². The molecule has 0 saturated carbocycles. The lowest BCUT2D eigenvalue weighted by molar-refractivity contribution is -0.128. The molecule has 0 spiro atoms. The van der Waals surface area contributed by atoms with Gasteiger partial charge < -0.3 is 29.4 Å². The number of esters is 1. The number of hydrogen-bond donors (Lipinski definition) is 2. The van der Waals surface area contributed by atoms with Crippen LogP contribution in [0.1, 0.15) is 49.0 Å². The maximum atomic E-state index is 13.0. The van der Waals surface area contributed by atoms with Crippen LogP contribution in [0.3, 0.4) is 0 Å². The molecule has 0 aliphatic carbocycles. The number of epoxide rings is 1. The van der Waals surface area contributed by atoms with Crippen molar-refractivity contribution in [3.63, 3.8) is 0 Å². The van der Waals surface area contributed by atoms with E-state index in [2.05, 4.69) is 5.16 Å². The van der Waals surface area contributed by atoms with Gasteiger partial charge in [-0.1, -0.05) is 35.0 Å². The van der Waals surface area contributed by atoms with Crippen LogP contribution < -0.4 is 0 Å². The Morgan fingerprint density at radius 3 is 2.83 bits per heavy atom. The minimum absolute atomic E-state index is 0.0248. The highest BCUT2D eigenvalue weighted by Crippen LogP contribution is 2.42. The lowest BCUT2D eigenvalue weighted by Gasteiger charge is -2.18. The van der Waals surface area contributed by atoms with Crippen LogP contribution in [0.5, 0.6) is 11.5 Å². The molecule has 1 unspecified atom stereocenters. The number of phenolic OH excluding ortho intramolecular Hbond substituents is 2. The molecule has 3 aliphatic rings. The molecule has 188 valence electrons. The highest BCUT2D eigenvalue weighted by Gasteiger charge is 2.50. The summed E-state index contributed by atoms with van der Waals surface area (Å²) in [6.07, 6.45) is 8.45. The molecule has 1 aromatic carbocycles. The molecule has 0 radical (unpaired) electrons. The third kappa shape index (κ3) is 5.79. The number of allylic oxidation sites excluding steroid dienone is 3. The SMILES string of the molecule is C[C@@H]1CC2O[C@]2(C)\C=C/C=C/C(=N/OCCN2CCCC2=O)Cc2c(Cl)c(O)cc(O)c2C(=O)O1. The van der Waals surface area contributed by atoms with Gasteiger partial charge in [-0.25, -0.2) is 4.79 Å². The standard InChI is InChI=1S/C25H29ClN2O7/c1-15-12-20-25(2,35-20)8-4-3-6-16(27-33-11-10-28-9-5-7-21(28)31)13-17-22(24(32)34-15)18(29)14-19(30)23(17)26/h3-4,6,8,14-15,20,29-30H,5,7,9-13H2,1-2H3/b6-3+,8-4-,27-16-/t15-,20?,25-/m1/s1. The van der Waals surface area contributed by atoms with E-state index in [1.807, 2.05) is 19.1 Å². The number of ether oxygens (including phenoxy) is 2. The number of fused-ring (bicyclic) bond motifs is 2. The maximum absolute atomic E-state index is 13.0. The van der Waals surface area contributed by atoms with Crippen LogP contribution in [0.4, 0.5) is 0 Å². The summed E-state index contributed by atoms with van der Waals surface area (Å²) < 4.78 is 11.3. The summed E-state index contributed by atoms with van der Waals surface area (Å²) in [4.78, 5) is 32.0. The van der Waals surface area contributed by atoms with Gasteiger partial charge in [0, 0.05) is 31.9 Å². The van der Waals surface area contributed by atoms with Gasteiger partial charge in [0.2, 0.25) is 5.91 Å². The highest BCUT2D eigenvalue weighted by molar-refractivity contribution is 6.33. The molecule has 1 amide bonds. The van der Waals surface area contributed by atoms with E-state index in [-0.39, 0.29) is 46.9 Å². The summed E-state index contributed by atoms with van der Waals surface area (Å²) in [6.45, 7) is 5.01. The number of phenols is 2. The highest BCUT2D eigenvalue weighted by atomic mass is 35.5. The molecule has 0 bridgehead atoms. The van der Waals surface area contributed by atoms with Gasteiger partial charge in [0.05, 0.1) is 23.4 Å². The second-order valence-electron chi connectivity index (χ2n) is 9.12. The molecule has 0 aromatic heterocycles. The van der Waals surface area contributed by atoms with E-state index in [0.29, 0.717) is 31.6 Å². The van der Waals surface area contributed by atoms with Crippen LogP contribution in [-0.2, 0) is 25.5 Å². The molecule has 3 atom stereocenters. The van der Waals surface area contributed by atoms with Gasteiger partial charge in [0.1, 0.15) is 35.4 Å². The number of halogens is 1. The van der Waals surface area contributed by atoms with Gasteiger partial charge in [-0.2, -0.15) is 0 Å². The minimum Gasteiger partial charge on any atom is -0.507 e. The number of carbonyl (C=O) groups excluding carboxylic acids is 2. The smallest absolute Gasteiger partial charge is 0.342 e. The predicted octanol–water partition coefficient (Wildman–Crippen LogP) is 3.51. The Bertz CT molecular complexity index is 1100. The van der Waals surface area contributed by atoms with Crippen LogP contribution in [0.2, 0.25) is 5.02 Å². The Balaban J connectivity index is 1.63. The van der Waals surface area contributed by atoms with Crippen molar-refractivity contribution >= 4 is 29.2 Å². The Morgan fingerprint density at radius 2 is 2.09 bits per heavy atom. The van der Waals surface area contributed by atoms with Crippen LogP contribution in [-0.4, -0.2) is 70.2 Å². The lowest BCUT2D eigenvalue weighted by atomic mass is 9.98. The zero-order valence-corrected chi connectivity index (χ0v) is 20.5. The van der Waals surface area contributed by atoms with Crippen molar-refractivity contribution in [2.75, 3.05) is 19.7 Å². The quantitative estimate of drug-likeness (QED) is 0.278. The molecule has 3 heterocycles. The number of rotatable bonds is 4. The summed E-state index contributed by atoms with van der Waals surface area (Å²) in [5, 5.41) is 24.8. The molecule has 2 fully saturated rings. The Labute approximate surface area is 208 Å². The van der Waals surface area contributed by atoms with E-state index in [1.165, 1.54) is 0 Å². The van der Waals surface area contributed by atoms with Crippen molar-refractivity contribution in [3.8, 4) is 11.5 Å². The largest absolute Gasteiger partial charge is 0.507 e. The number of cyclic esters (lactones) is 1. The Morgan fingerprint density at radius 1 is 1.29 bits per heavy atom. The van der Waals surface area contributed by atoms with E-state index >= 15 is 0 Å². The zero-order chi connectivity index (χ0) is 25.2. The van der Waals surface area contributed by atoms with Gasteiger partial charge in [-0.3, -0.25) is 4.79 Å². The van der Waals surface area contributed by atoms with Crippen molar-refractivity contribution < 1.29 is 34.1 Å². The van der Waals surface area contributed by atoms with E-state index in [9.17, 15) is 19.8 Å². The third-order valence-corrected chi connectivity index (χ3v) is 6.77. The first-order valence-electron chi connectivity index (χ1n) is 11.6. The number of likely N-dealkylation sites (tertiary alicyclic amines) is 1. The monoisotopic (exact) mass is 504 g/mol. The van der Waals surface area contributed by atoms with Crippen LogP contribution in [0.25, 0.3) is 0 Å². The van der Waals surface area contributed by atoms with Crippen molar-refractivity contribution in [1.82, 2.24) is 4.90 Å². The number of aromatic hydroxyl groups is 2. The summed E-state index contributed by atoms with van der Waals surface area (Å²) in [5.41, 5.74) is -0.0561. The van der Waals surface area contributed by atoms with Gasteiger partial charge in [0.25, 0.3) is 0 Å². The average Bonchev–Trinajstić information content (AvgIpc) is 3.22. The number of hydrogen-bond acceptors (Lipinski definition) is 8. The molecule has 9 nitrogen and oxygen atoms in total. The predicted molar refractivity (Wildman–Crippen MR) is 129 cm³/mol. The molecule has 4 rings (SSSR count). The summed E-state index contributed by atoms with van der Waals surface area (Å²) in [6, 6.07) is 1.01. The first-order valence-corrected chi connectivity index (χ1v) is 12.0. The number of nitrogens with zero attached hydrogens (tertiary/aromatic N) is 2. The van der Waals surface area contributed by atoms with E-state index < -0.39 is 23.4 Å². The topological polar surface area (TPSA) is 121 Å². The normalized spacial score (nSPS) is 29.7. The van der Waals surface area contributed by atoms with Gasteiger partial charge in [-0.05, 0) is 31.9 Å². The molecule has 2 saturated heterocycles. The molecular weight excluding hydrogens is 476 g/mol. The first-order chi connectivity index (χ1) is 16.7. The molecule has 35 heavy (non-hydrogen) atoms. The van der Waals surface area contributed by atoms with Crippen molar-refractivity contribution in [2.24, 2.45) is 5.16 Å². The van der Waals surface area contributed by atoms with Crippen molar-refractivity contribution in [2.45, 2.75) is 57.3 Å². The molecule has 1 aromatic rings. The lowest BCUT2D eigenvalue weighted by Crippen LogP contribution is -2.28. The summed E-state index contributed by atoms with van der Waals surface area (Å²) >= 11 is 6.35. The number of benzene rings is 1. The van der Waals surface area contributed by atoms with Crippen LogP contribution in [0, 0.1) is 0 Å². The van der Waals surface area contributed by atoms with Gasteiger partial charge in [-0.15, -0.1) is 0 Å². The van der Waals surface area contributed by atoms with Crippen molar-refractivity contribution in [1.29, 1.82) is 0 Å². The van der Waals surface area contributed by atoms with Gasteiger partial charge in [0.15, 0.2) is 0 Å². The number of amides is 1. The molecular formula is C25H29ClN2O7. The average molecular weight is 505 g/mol. The summed E-state index contributed by atoms with van der Waals surface area (Å²) in [7, 11) is 0. The fourth-order valence-electron chi connectivity index (χ4n) is 4.31. The fraction of sp³-hybridized carbons (Fsp3) is 0.480. The number of oxime groups is 1. The second kappa shape index (κ2) is 10.3. The molecule has 3 aliphatic heterocycles. The minimum atomic E-state index is -0.765. The molecule has 10 heteroatoms. The van der Waals surface area contributed by atoms with Crippen LogP contribution >= 0.6 is 11.6 Å². The zero-order valence-electron chi connectivity index (χ0n) is 19.7. The van der Waals surface area contributed by atoms with E-state index in [1.54, 1.807) is 24.0 Å². The third-order valence-electron chi connectivity index (χ3n) is 6.35.